The van der Waals surface area contributed by atoms with Crippen LogP contribution in [0.15, 0.2) is 22.7 Å². The minimum Gasteiger partial charge on any atom is -0.396 e. The molecule has 0 heterocycles. The van der Waals surface area contributed by atoms with Gasteiger partial charge in [-0.25, -0.2) is 8.78 Å². The average molecular weight is 265 g/mol. The second-order valence-corrected chi connectivity index (χ2v) is 3.84. The molecule has 0 fully saturated rings. The predicted molar refractivity (Wildman–Crippen MR) is 54.5 cm³/mol. The van der Waals surface area contributed by atoms with Crippen molar-refractivity contribution in [2.24, 2.45) is 0 Å². The summed E-state index contributed by atoms with van der Waals surface area (Å²) in [6.45, 7) is 0.119. The van der Waals surface area contributed by atoms with Gasteiger partial charge in [-0.2, -0.15) is 0 Å². The lowest BCUT2D eigenvalue weighted by Crippen LogP contribution is -1.92. The van der Waals surface area contributed by atoms with Gasteiger partial charge in [0.2, 0.25) is 0 Å². The first-order valence-electron chi connectivity index (χ1n) is 4.32. The molecule has 0 aliphatic rings. The number of aryl methyl sites for hydroxylation is 1. The fourth-order valence-corrected chi connectivity index (χ4v) is 1.79. The fraction of sp³-hybridized carbons (Fsp3) is 0.400. The molecule has 1 aromatic rings. The highest BCUT2D eigenvalue weighted by Gasteiger charge is 2.11. The van der Waals surface area contributed by atoms with Gasteiger partial charge in [0.15, 0.2) is 0 Å². The maximum absolute atomic E-state index is 12.3. The molecule has 1 aromatic carbocycles. The summed E-state index contributed by atoms with van der Waals surface area (Å²) in [4.78, 5) is 0. The number of hydrogen-bond donors (Lipinski definition) is 1. The van der Waals surface area contributed by atoms with Crippen LogP contribution in [0.1, 0.15) is 24.0 Å². The molecule has 0 aliphatic heterocycles. The van der Waals surface area contributed by atoms with Gasteiger partial charge in [-0.05, 0) is 24.5 Å². The Balaban J connectivity index is 2.78. The molecule has 0 radical (unpaired) electrons. The molecule has 0 bridgehead atoms. The monoisotopic (exact) mass is 264 g/mol. The molecular weight excluding hydrogens is 254 g/mol. The Kier molecular flexibility index (Phi) is 4.48. The molecule has 0 saturated heterocycles. The standard InChI is InChI=1S/C10H11BrF2O/c11-9-6-7(2-1-5-14)3-4-8(9)10(12)13/h3-4,6,10,14H,1-2,5H2. The number of alkyl halides is 2. The smallest absolute Gasteiger partial charge is 0.264 e. The molecule has 0 aromatic heterocycles. The number of benzene rings is 1. The third-order valence-corrected chi connectivity index (χ3v) is 2.61. The Bertz CT molecular complexity index is 302. The summed E-state index contributed by atoms with van der Waals surface area (Å²) in [5.74, 6) is 0. The normalized spacial score (nSPS) is 10.9. The van der Waals surface area contributed by atoms with Gasteiger partial charge in [0.1, 0.15) is 0 Å². The number of aliphatic hydroxyl groups excluding tert-OH is 1. The number of hydrogen-bond acceptors (Lipinski definition) is 1. The molecule has 0 atom stereocenters. The highest BCUT2D eigenvalue weighted by Crippen LogP contribution is 2.28. The molecule has 1 rings (SSSR count). The zero-order valence-corrected chi connectivity index (χ0v) is 9.10. The van der Waals surface area contributed by atoms with Crippen molar-refractivity contribution >= 4 is 15.9 Å². The van der Waals surface area contributed by atoms with E-state index in [4.69, 9.17) is 5.11 Å². The first kappa shape index (κ1) is 11.6. The lowest BCUT2D eigenvalue weighted by molar-refractivity contribution is 0.150. The summed E-state index contributed by atoms with van der Waals surface area (Å²) in [6.07, 6.45) is -1.09. The number of halogens is 3. The van der Waals surface area contributed by atoms with E-state index in [-0.39, 0.29) is 12.2 Å². The summed E-state index contributed by atoms with van der Waals surface area (Å²) in [5, 5.41) is 8.61. The molecule has 0 unspecified atom stereocenters. The molecule has 14 heavy (non-hydrogen) atoms. The molecule has 4 heteroatoms. The van der Waals surface area contributed by atoms with Crippen molar-refractivity contribution in [2.75, 3.05) is 6.61 Å². The van der Waals surface area contributed by atoms with Crippen LogP contribution in [0.3, 0.4) is 0 Å². The maximum Gasteiger partial charge on any atom is 0.264 e. The second-order valence-electron chi connectivity index (χ2n) is 2.98. The highest BCUT2D eigenvalue weighted by molar-refractivity contribution is 9.10. The third kappa shape index (κ3) is 3.03. The van der Waals surface area contributed by atoms with Gasteiger partial charge in [0.25, 0.3) is 6.43 Å². The first-order valence-corrected chi connectivity index (χ1v) is 5.11. The van der Waals surface area contributed by atoms with Crippen molar-refractivity contribution < 1.29 is 13.9 Å². The Morgan fingerprint density at radius 1 is 1.36 bits per heavy atom. The minimum absolute atomic E-state index is 0.0118. The van der Waals surface area contributed by atoms with Crippen molar-refractivity contribution in [2.45, 2.75) is 19.3 Å². The van der Waals surface area contributed by atoms with E-state index in [1.165, 1.54) is 6.07 Å². The molecule has 0 aliphatic carbocycles. The van der Waals surface area contributed by atoms with Crippen LogP contribution in [0.5, 0.6) is 0 Å². The molecule has 1 N–H and O–H groups in total. The van der Waals surface area contributed by atoms with Crippen LogP contribution < -0.4 is 0 Å². The van der Waals surface area contributed by atoms with Gasteiger partial charge in [-0.1, -0.05) is 28.1 Å². The summed E-state index contributed by atoms with van der Waals surface area (Å²) in [6, 6.07) is 4.76. The summed E-state index contributed by atoms with van der Waals surface area (Å²) < 4.78 is 25.1. The fourth-order valence-electron chi connectivity index (χ4n) is 1.19. The van der Waals surface area contributed by atoms with Crippen molar-refractivity contribution in [3.8, 4) is 0 Å². The molecular formula is C10H11BrF2O. The molecule has 1 nitrogen and oxygen atoms in total. The van der Waals surface area contributed by atoms with E-state index < -0.39 is 6.43 Å². The lowest BCUT2D eigenvalue weighted by atomic mass is 10.1. The molecule has 78 valence electrons. The van der Waals surface area contributed by atoms with Gasteiger partial charge >= 0.3 is 0 Å². The highest BCUT2D eigenvalue weighted by atomic mass is 79.9. The van der Waals surface area contributed by atoms with E-state index in [0.29, 0.717) is 17.3 Å². The van der Waals surface area contributed by atoms with Crippen LogP contribution in [-0.4, -0.2) is 11.7 Å². The van der Waals surface area contributed by atoms with Crippen molar-refractivity contribution in [3.05, 3.63) is 33.8 Å². The Morgan fingerprint density at radius 3 is 2.57 bits per heavy atom. The van der Waals surface area contributed by atoms with E-state index in [0.717, 1.165) is 5.56 Å². The van der Waals surface area contributed by atoms with E-state index in [1.54, 1.807) is 12.1 Å². The third-order valence-electron chi connectivity index (χ3n) is 1.92. The zero-order chi connectivity index (χ0) is 10.6. The number of aliphatic hydroxyl groups is 1. The van der Waals surface area contributed by atoms with Crippen LogP contribution in [0.25, 0.3) is 0 Å². The zero-order valence-electron chi connectivity index (χ0n) is 7.51. The van der Waals surface area contributed by atoms with Crippen LogP contribution in [0.2, 0.25) is 0 Å². The minimum atomic E-state index is -2.45. The van der Waals surface area contributed by atoms with Crippen LogP contribution in [-0.2, 0) is 6.42 Å². The van der Waals surface area contributed by atoms with Gasteiger partial charge in [-0.15, -0.1) is 0 Å². The van der Waals surface area contributed by atoms with E-state index in [1.807, 2.05) is 0 Å². The van der Waals surface area contributed by atoms with Crippen molar-refractivity contribution in [3.63, 3.8) is 0 Å². The average Bonchev–Trinajstić information content (AvgIpc) is 2.14. The number of rotatable bonds is 4. The summed E-state index contributed by atoms with van der Waals surface area (Å²) in [7, 11) is 0. The van der Waals surface area contributed by atoms with E-state index in [2.05, 4.69) is 15.9 Å². The quantitative estimate of drug-likeness (QED) is 0.885. The van der Waals surface area contributed by atoms with Gasteiger partial charge < -0.3 is 5.11 Å². The Morgan fingerprint density at radius 2 is 2.07 bits per heavy atom. The van der Waals surface area contributed by atoms with E-state index in [9.17, 15) is 8.78 Å². The van der Waals surface area contributed by atoms with Gasteiger partial charge in [-0.3, -0.25) is 0 Å². The Hall–Kier alpha value is -0.480. The second kappa shape index (κ2) is 5.41. The molecule has 0 spiro atoms. The predicted octanol–water partition coefficient (Wildman–Crippen LogP) is 3.31. The van der Waals surface area contributed by atoms with Crippen molar-refractivity contribution in [1.82, 2.24) is 0 Å². The van der Waals surface area contributed by atoms with Gasteiger partial charge in [0, 0.05) is 16.6 Å². The van der Waals surface area contributed by atoms with Crippen LogP contribution in [0.4, 0.5) is 8.78 Å². The van der Waals surface area contributed by atoms with Crippen LogP contribution >= 0.6 is 15.9 Å². The first-order chi connectivity index (χ1) is 6.65. The van der Waals surface area contributed by atoms with Crippen molar-refractivity contribution in [1.29, 1.82) is 0 Å². The molecule has 0 amide bonds. The topological polar surface area (TPSA) is 20.2 Å². The summed E-state index contributed by atoms with van der Waals surface area (Å²) >= 11 is 3.10. The van der Waals surface area contributed by atoms with E-state index >= 15 is 0 Å². The maximum atomic E-state index is 12.3. The Labute approximate surface area is 89.9 Å². The SMILES string of the molecule is OCCCc1ccc(C(F)F)c(Br)c1. The lowest BCUT2D eigenvalue weighted by Gasteiger charge is -2.05. The molecule has 0 saturated carbocycles. The van der Waals surface area contributed by atoms with Crippen LogP contribution in [0, 0.1) is 0 Å². The van der Waals surface area contributed by atoms with Gasteiger partial charge in [0.05, 0.1) is 0 Å². The summed E-state index contributed by atoms with van der Waals surface area (Å²) in [5.41, 5.74) is 0.966. The largest absolute Gasteiger partial charge is 0.396 e.